The van der Waals surface area contributed by atoms with Crippen LogP contribution in [0.4, 0.5) is 18.9 Å². The molecule has 1 N–H and O–H groups in total. The van der Waals surface area contributed by atoms with Crippen LogP contribution in [0.25, 0.3) is 0 Å². The largest absolute Gasteiger partial charge is 0.593 e. The number of anilines is 1. The van der Waals surface area contributed by atoms with Gasteiger partial charge in [0.15, 0.2) is 4.90 Å². The molecule has 26 heavy (non-hydrogen) atoms. The zero-order valence-electron chi connectivity index (χ0n) is 13.8. The summed E-state index contributed by atoms with van der Waals surface area (Å²) in [6.45, 7) is -0.976. The SMILES string of the molecule is O=C1CCc2cc(CN[S+]([O-])c3ccccc3)ccc2N1CC(F)(F)F. The molecule has 1 aliphatic rings. The topological polar surface area (TPSA) is 55.4 Å². The fraction of sp³-hybridized carbons (Fsp3) is 0.278. The molecule has 0 bridgehead atoms. The number of carbonyl (C=O) groups excluding carboxylic acids is 1. The third-order valence-electron chi connectivity index (χ3n) is 4.05. The van der Waals surface area contributed by atoms with Crippen molar-refractivity contribution in [2.45, 2.75) is 30.5 Å². The zero-order chi connectivity index (χ0) is 18.7. The van der Waals surface area contributed by atoms with Crippen LogP contribution in [0.2, 0.25) is 0 Å². The fourth-order valence-electron chi connectivity index (χ4n) is 2.85. The molecular formula is C18H17F3N2O2S. The lowest BCUT2D eigenvalue weighted by Crippen LogP contribution is -2.41. The van der Waals surface area contributed by atoms with Gasteiger partial charge in [0, 0.05) is 12.1 Å². The number of hydrogen-bond acceptors (Lipinski definition) is 3. The predicted molar refractivity (Wildman–Crippen MR) is 92.9 cm³/mol. The summed E-state index contributed by atoms with van der Waals surface area (Å²) in [4.78, 5) is 13.3. The molecular weight excluding hydrogens is 365 g/mol. The van der Waals surface area contributed by atoms with Gasteiger partial charge in [0.2, 0.25) is 5.91 Å². The van der Waals surface area contributed by atoms with Crippen molar-refractivity contribution in [2.24, 2.45) is 0 Å². The molecule has 8 heteroatoms. The minimum atomic E-state index is -4.45. The Balaban J connectivity index is 1.71. The van der Waals surface area contributed by atoms with Crippen molar-refractivity contribution >= 4 is 23.0 Å². The Morgan fingerprint density at radius 1 is 1.12 bits per heavy atom. The summed E-state index contributed by atoms with van der Waals surface area (Å²) in [6.07, 6.45) is -3.99. The van der Waals surface area contributed by atoms with Gasteiger partial charge in [-0.2, -0.15) is 13.2 Å². The summed E-state index contributed by atoms with van der Waals surface area (Å²) >= 11 is -1.38. The number of nitrogens with one attached hydrogen (secondary N) is 1. The molecule has 0 aliphatic carbocycles. The highest BCUT2D eigenvalue weighted by Crippen LogP contribution is 2.31. The van der Waals surface area contributed by atoms with E-state index in [1.807, 2.05) is 6.07 Å². The van der Waals surface area contributed by atoms with E-state index in [4.69, 9.17) is 0 Å². The Bertz CT molecular complexity index is 784. The molecule has 0 spiro atoms. The Labute approximate surface area is 152 Å². The van der Waals surface area contributed by atoms with Crippen molar-refractivity contribution in [3.63, 3.8) is 0 Å². The van der Waals surface area contributed by atoms with Crippen molar-refractivity contribution in [3.8, 4) is 0 Å². The maximum Gasteiger partial charge on any atom is 0.406 e. The third-order valence-corrected chi connectivity index (χ3v) is 5.15. The predicted octanol–water partition coefficient (Wildman–Crippen LogP) is 3.34. The highest BCUT2D eigenvalue weighted by Gasteiger charge is 2.36. The van der Waals surface area contributed by atoms with E-state index in [1.165, 1.54) is 6.07 Å². The summed E-state index contributed by atoms with van der Waals surface area (Å²) in [5.41, 5.74) is 1.79. The number of halogens is 3. The molecule has 0 aromatic heterocycles. The minimum absolute atomic E-state index is 0.0515. The van der Waals surface area contributed by atoms with E-state index in [0.29, 0.717) is 29.1 Å². The van der Waals surface area contributed by atoms with Gasteiger partial charge in [-0.15, -0.1) is 4.72 Å². The minimum Gasteiger partial charge on any atom is -0.593 e. The number of rotatable bonds is 5. The molecule has 1 atom stereocenters. The second kappa shape index (κ2) is 7.69. The molecule has 2 aromatic rings. The number of fused-ring (bicyclic) bond motifs is 1. The number of aryl methyl sites for hydroxylation is 1. The lowest BCUT2D eigenvalue weighted by atomic mass is 9.98. The van der Waals surface area contributed by atoms with E-state index >= 15 is 0 Å². The molecule has 1 aliphatic heterocycles. The zero-order valence-corrected chi connectivity index (χ0v) is 14.6. The van der Waals surface area contributed by atoms with Crippen molar-refractivity contribution in [3.05, 3.63) is 59.7 Å². The molecule has 0 fully saturated rings. The average molecular weight is 382 g/mol. The summed E-state index contributed by atoms with van der Waals surface area (Å²) in [6, 6.07) is 13.8. The van der Waals surface area contributed by atoms with Gasteiger partial charge in [0.05, 0.1) is 17.9 Å². The number of alkyl halides is 3. The van der Waals surface area contributed by atoms with Gasteiger partial charge >= 0.3 is 6.18 Å². The van der Waals surface area contributed by atoms with Gasteiger partial charge in [-0.05, 0) is 35.7 Å². The van der Waals surface area contributed by atoms with Gasteiger partial charge < -0.3 is 9.45 Å². The molecule has 1 amide bonds. The number of nitrogens with zero attached hydrogens (tertiary/aromatic N) is 1. The number of benzene rings is 2. The fourth-order valence-corrected chi connectivity index (χ4v) is 3.72. The smallest absolute Gasteiger partial charge is 0.406 e. The van der Waals surface area contributed by atoms with Crippen molar-refractivity contribution in [2.75, 3.05) is 11.4 Å². The molecule has 138 valence electrons. The summed E-state index contributed by atoms with van der Waals surface area (Å²) in [5, 5.41) is 0. The molecule has 4 nitrogen and oxygen atoms in total. The van der Waals surface area contributed by atoms with Crippen LogP contribution in [0.3, 0.4) is 0 Å². The number of hydrogen-bond donors (Lipinski definition) is 1. The van der Waals surface area contributed by atoms with Gasteiger partial charge in [-0.1, -0.05) is 30.3 Å². The van der Waals surface area contributed by atoms with E-state index in [2.05, 4.69) is 4.72 Å². The van der Waals surface area contributed by atoms with Crippen LogP contribution >= 0.6 is 0 Å². The van der Waals surface area contributed by atoms with Crippen LogP contribution in [-0.2, 0) is 29.1 Å². The van der Waals surface area contributed by atoms with E-state index < -0.39 is 30.0 Å². The molecule has 0 saturated heterocycles. The molecule has 0 radical (unpaired) electrons. The van der Waals surface area contributed by atoms with Crippen LogP contribution in [0.1, 0.15) is 17.5 Å². The lowest BCUT2D eigenvalue weighted by molar-refractivity contribution is -0.132. The van der Waals surface area contributed by atoms with E-state index in [0.717, 1.165) is 10.5 Å². The molecule has 2 aromatic carbocycles. The Morgan fingerprint density at radius 3 is 2.54 bits per heavy atom. The summed E-state index contributed by atoms with van der Waals surface area (Å²) in [7, 11) is 0. The monoisotopic (exact) mass is 382 g/mol. The van der Waals surface area contributed by atoms with Crippen LogP contribution < -0.4 is 9.62 Å². The number of carbonyl (C=O) groups is 1. The first-order valence-corrected chi connectivity index (χ1v) is 9.18. The van der Waals surface area contributed by atoms with E-state index in [-0.39, 0.29) is 6.42 Å². The van der Waals surface area contributed by atoms with Crippen LogP contribution in [0, 0.1) is 0 Å². The summed E-state index contributed by atoms with van der Waals surface area (Å²) in [5.74, 6) is -0.522. The van der Waals surface area contributed by atoms with Gasteiger partial charge in [0.1, 0.15) is 6.54 Å². The molecule has 3 rings (SSSR count). The second-order valence-electron chi connectivity index (χ2n) is 5.96. The normalized spacial score (nSPS) is 15.7. The third kappa shape index (κ3) is 4.57. The standard InChI is InChI=1S/C18H17F3N2O2S/c19-18(20,21)12-23-16-8-6-13(10-14(16)7-9-17(23)24)11-22-26(25)15-4-2-1-3-5-15/h1-6,8,10,22H,7,9,11-12H2. The van der Waals surface area contributed by atoms with Crippen molar-refractivity contribution < 1.29 is 22.5 Å². The van der Waals surface area contributed by atoms with Crippen molar-refractivity contribution in [1.82, 2.24) is 4.72 Å². The second-order valence-corrected chi connectivity index (χ2v) is 7.26. The highest BCUT2D eigenvalue weighted by atomic mass is 32.2. The van der Waals surface area contributed by atoms with Crippen molar-refractivity contribution in [1.29, 1.82) is 0 Å². The van der Waals surface area contributed by atoms with Gasteiger partial charge in [-0.25, -0.2) is 0 Å². The van der Waals surface area contributed by atoms with Crippen LogP contribution in [0.5, 0.6) is 0 Å². The lowest BCUT2D eigenvalue weighted by Gasteiger charge is -2.30. The first-order valence-electron chi connectivity index (χ1n) is 8.03. The summed E-state index contributed by atoms with van der Waals surface area (Å²) < 4.78 is 53.2. The quantitative estimate of drug-likeness (QED) is 0.807. The molecule has 1 heterocycles. The van der Waals surface area contributed by atoms with E-state index in [9.17, 15) is 22.5 Å². The van der Waals surface area contributed by atoms with Gasteiger partial charge in [-0.3, -0.25) is 4.79 Å². The Kier molecular flexibility index (Phi) is 5.55. The van der Waals surface area contributed by atoms with Crippen LogP contribution in [0.15, 0.2) is 53.4 Å². The Morgan fingerprint density at radius 2 is 1.85 bits per heavy atom. The first kappa shape index (κ1) is 18.8. The van der Waals surface area contributed by atoms with Crippen LogP contribution in [-0.4, -0.2) is 23.2 Å². The molecule has 1 unspecified atom stereocenters. The average Bonchev–Trinajstić information content (AvgIpc) is 2.62. The first-order chi connectivity index (χ1) is 12.3. The van der Waals surface area contributed by atoms with E-state index in [1.54, 1.807) is 36.4 Å². The highest BCUT2D eigenvalue weighted by molar-refractivity contribution is 7.89. The Hall–Kier alpha value is -2.03. The molecule has 0 saturated carbocycles. The number of amides is 1. The maximum atomic E-state index is 12.7. The van der Waals surface area contributed by atoms with Gasteiger partial charge in [0.25, 0.3) is 0 Å². The maximum absolute atomic E-state index is 12.7.